The third-order valence-corrected chi connectivity index (χ3v) is 3.74. The van der Waals surface area contributed by atoms with E-state index in [1.165, 1.54) is 5.69 Å². The molecular weight excluding hydrogens is 236 g/mol. The average molecular weight is 260 g/mol. The number of fused-ring (bicyclic) bond motifs is 1. The first kappa shape index (κ1) is 13.9. The quantitative estimate of drug-likeness (QED) is 0.866. The highest BCUT2D eigenvalue weighted by atomic mass is 15.2. The lowest BCUT2D eigenvalue weighted by Gasteiger charge is -2.25. The second-order valence-corrected chi connectivity index (χ2v) is 4.96. The van der Waals surface area contributed by atoms with Gasteiger partial charge in [-0.2, -0.15) is 0 Å². The highest BCUT2D eigenvalue weighted by Gasteiger charge is 2.17. The van der Waals surface area contributed by atoms with Crippen LogP contribution in [0.2, 0.25) is 0 Å². The molecule has 4 heteroatoms. The normalized spacial score (nSPS) is 12.8. The molecule has 0 amide bonds. The van der Waals surface area contributed by atoms with Crippen LogP contribution < -0.4 is 10.2 Å². The molecule has 19 heavy (non-hydrogen) atoms. The molecule has 0 aromatic carbocycles. The van der Waals surface area contributed by atoms with Gasteiger partial charge in [-0.15, -0.1) is 0 Å². The van der Waals surface area contributed by atoms with Gasteiger partial charge in [0.2, 0.25) is 0 Å². The number of hydrogen-bond acceptors (Lipinski definition) is 3. The van der Waals surface area contributed by atoms with Crippen molar-refractivity contribution in [3.8, 4) is 0 Å². The summed E-state index contributed by atoms with van der Waals surface area (Å²) in [4.78, 5) is 7.06. The smallest absolute Gasteiger partial charge is 0.152 e. The Morgan fingerprint density at radius 2 is 2.16 bits per heavy atom. The van der Waals surface area contributed by atoms with Gasteiger partial charge in [-0.3, -0.25) is 0 Å². The van der Waals surface area contributed by atoms with Crippen LogP contribution in [0.1, 0.15) is 32.9 Å². The maximum absolute atomic E-state index is 4.78. The Morgan fingerprint density at radius 3 is 2.84 bits per heavy atom. The largest absolute Gasteiger partial charge is 0.355 e. The minimum atomic E-state index is 0.491. The number of imidazole rings is 1. The maximum Gasteiger partial charge on any atom is 0.152 e. The van der Waals surface area contributed by atoms with Crippen molar-refractivity contribution in [2.75, 3.05) is 18.5 Å². The van der Waals surface area contributed by atoms with E-state index in [-0.39, 0.29) is 0 Å². The van der Waals surface area contributed by atoms with Crippen molar-refractivity contribution in [2.45, 2.75) is 39.8 Å². The summed E-state index contributed by atoms with van der Waals surface area (Å²) in [7, 11) is 2.13. The lowest BCUT2D eigenvalue weighted by atomic mass is 10.2. The number of pyridine rings is 1. The van der Waals surface area contributed by atoms with E-state index in [1.807, 2.05) is 6.07 Å². The topological polar surface area (TPSA) is 32.6 Å². The van der Waals surface area contributed by atoms with E-state index in [2.05, 4.69) is 60.8 Å². The molecule has 0 aliphatic rings. The fraction of sp³-hybridized carbons (Fsp3) is 0.533. The van der Waals surface area contributed by atoms with E-state index in [9.17, 15) is 0 Å². The summed E-state index contributed by atoms with van der Waals surface area (Å²) in [5.74, 6) is 1.08. The second kappa shape index (κ2) is 6.06. The summed E-state index contributed by atoms with van der Waals surface area (Å²) in [6.45, 7) is 8.38. The Bertz CT molecular complexity index is 532. The number of aromatic nitrogens is 2. The summed E-state index contributed by atoms with van der Waals surface area (Å²) < 4.78 is 2.18. The van der Waals surface area contributed by atoms with Crippen LogP contribution in [0.3, 0.4) is 0 Å². The predicted octanol–water partition coefficient (Wildman–Crippen LogP) is 2.68. The zero-order valence-electron chi connectivity index (χ0n) is 12.3. The van der Waals surface area contributed by atoms with Crippen molar-refractivity contribution in [1.82, 2.24) is 14.7 Å². The Hall–Kier alpha value is -1.55. The van der Waals surface area contributed by atoms with Gasteiger partial charge in [0.25, 0.3) is 0 Å². The number of nitrogens with one attached hydrogen (secondary N) is 1. The molecule has 0 saturated heterocycles. The summed E-state index contributed by atoms with van der Waals surface area (Å²) in [5, 5.41) is 3.41. The predicted molar refractivity (Wildman–Crippen MR) is 80.7 cm³/mol. The summed E-state index contributed by atoms with van der Waals surface area (Å²) in [6.07, 6.45) is 3.20. The van der Waals surface area contributed by atoms with Gasteiger partial charge in [-0.1, -0.05) is 19.9 Å². The van der Waals surface area contributed by atoms with E-state index >= 15 is 0 Å². The standard InChI is InChI=1S/C15H24N4/c1-5-12(3)18(4)15-13(11-16-6-2)19-10-8-7-9-14(19)17-15/h7-10,12,16H,5-6,11H2,1-4H3. The first-order valence-electron chi connectivity index (χ1n) is 7.08. The van der Waals surface area contributed by atoms with Crippen LogP contribution in [0.4, 0.5) is 5.82 Å². The maximum atomic E-state index is 4.78. The zero-order chi connectivity index (χ0) is 13.8. The third-order valence-electron chi connectivity index (χ3n) is 3.74. The van der Waals surface area contributed by atoms with E-state index in [1.54, 1.807) is 0 Å². The molecule has 0 aliphatic carbocycles. The molecule has 2 aromatic heterocycles. The van der Waals surface area contributed by atoms with E-state index < -0.39 is 0 Å². The highest BCUT2D eigenvalue weighted by molar-refractivity contribution is 5.56. The van der Waals surface area contributed by atoms with Crippen molar-refractivity contribution in [2.24, 2.45) is 0 Å². The Kier molecular flexibility index (Phi) is 4.43. The van der Waals surface area contributed by atoms with Gasteiger partial charge in [0, 0.05) is 25.8 Å². The third kappa shape index (κ3) is 2.73. The Morgan fingerprint density at radius 1 is 1.37 bits per heavy atom. The average Bonchev–Trinajstić information content (AvgIpc) is 2.82. The highest BCUT2D eigenvalue weighted by Crippen LogP contribution is 2.23. The molecule has 0 spiro atoms. The van der Waals surface area contributed by atoms with Crippen LogP contribution in [-0.4, -0.2) is 29.0 Å². The second-order valence-electron chi connectivity index (χ2n) is 4.96. The molecular formula is C15H24N4. The number of rotatable bonds is 6. The number of anilines is 1. The number of hydrogen-bond donors (Lipinski definition) is 1. The molecule has 1 atom stereocenters. The molecule has 0 aliphatic heterocycles. The van der Waals surface area contributed by atoms with Crippen LogP contribution in [0.25, 0.3) is 5.65 Å². The summed E-state index contributed by atoms with van der Waals surface area (Å²) in [6, 6.07) is 6.64. The van der Waals surface area contributed by atoms with Crippen LogP contribution in [0.15, 0.2) is 24.4 Å². The minimum absolute atomic E-state index is 0.491. The molecule has 2 aromatic rings. The minimum Gasteiger partial charge on any atom is -0.355 e. The lowest BCUT2D eigenvalue weighted by molar-refractivity contribution is 0.646. The van der Waals surface area contributed by atoms with Gasteiger partial charge in [0.15, 0.2) is 5.82 Å². The molecule has 0 bridgehead atoms. The van der Waals surface area contributed by atoms with Crippen molar-refractivity contribution in [3.05, 3.63) is 30.1 Å². The van der Waals surface area contributed by atoms with Gasteiger partial charge in [0.1, 0.15) is 5.65 Å². The van der Waals surface area contributed by atoms with Crippen LogP contribution in [0, 0.1) is 0 Å². The van der Waals surface area contributed by atoms with Crippen molar-refractivity contribution in [1.29, 1.82) is 0 Å². The monoisotopic (exact) mass is 260 g/mol. The molecule has 0 saturated carbocycles. The molecule has 104 valence electrons. The molecule has 2 rings (SSSR count). The van der Waals surface area contributed by atoms with Crippen LogP contribution >= 0.6 is 0 Å². The van der Waals surface area contributed by atoms with Gasteiger partial charge in [-0.25, -0.2) is 4.98 Å². The molecule has 4 nitrogen and oxygen atoms in total. The summed E-state index contributed by atoms with van der Waals surface area (Å²) >= 11 is 0. The summed E-state index contributed by atoms with van der Waals surface area (Å²) in [5.41, 5.74) is 2.25. The molecule has 2 heterocycles. The lowest BCUT2D eigenvalue weighted by Crippen LogP contribution is -2.30. The van der Waals surface area contributed by atoms with Gasteiger partial charge in [0.05, 0.1) is 5.69 Å². The molecule has 1 N–H and O–H groups in total. The van der Waals surface area contributed by atoms with Crippen LogP contribution in [0.5, 0.6) is 0 Å². The van der Waals surface area contributed by atoms with Crippen molar-refractivity contribution >= 4 is 11.5 Å². The molecule has 0 radical (unpaired) electrons. The Balaban J connectivity index is 2.45. The fourth-order valence-corrected chi connectivity index (χ4v) is 2.21. The van der Waals surface area contributed by atoms with E-state index in [4.69, 9.17) is 4.98 Å². The molecule has 1 unspecified atom stereocenters. The van der Waals surface area contributed by atoms with Crippen LogP contribution in [-0.2, 0) is 6.54 Å². The SMILES string of the molecule is CCNCc1c(N(C)C(C)CC)nc2ccccn12. The van der Waals surface area contributed by atoms with E-state index in [0.717, 1.165) is 31.0 Å². The molecule has 0 fully saturated rings. The fourth-order valence-electron chi connectivity index (χ4n) is 2.21. The van der Waals surface area contributed by atoms with Gasteiger partial charge >= 0.3 is 0 Å². The first-order chi connectivity index (χ1) is 9.19. The first-order valence-corrected chi connectivity index (χ1v) is 7.08. The zero-order valence-corrected chi connectivity index (χ0v) is 12.3. The van der Waals surface area contributed by atoms with E-state index in [0.29, 0.717) is 6.04 Å². The van der Waals surface area contributed by atoms with Crippen molar-refractivity contribution < 1.29 is 0 Å². The van der Waals surface area contributed by atoms with Gasteiger partial charge in [-0.05, 0) is 32.0 Å². The van der Waals surface area contributed by atoms with Crippen molar-refractivity contribution in [3.63, 3.8) is 0 Å². The Labute approximate surface area is 115 Å². The number of nitrogens with zero attached hydrogens (tertiary/aromatic N) is 3. The van der Waals surface area contributed by atoms with Gasteiger partial charge < -0.3 is 14.6 Å².